The van der Waals surface area contributed by atoms with E-state index in [1.165, 1.54) is 29.0 Å². The molecule has 1 aromatic heterocycles. The van der Waals surface area contributed by atoms with Gasteiger partial charge in [-0.3, -0.25) is 4.79 Å². The number of hydrogen-bond donors (Lipinski definition) is 2. The predicted octanol–water partition coefficient (Wildman–Crippen LogP) is 3.82. The molecule has 3 rings (SSSR count). The van der Waals surface area contributed by atoms with Gasteiger partial charge in [0.25, 0.3) is 5.91 Å². The van der Waals surface area contributed by atoms with Gasteiger partial charge in [0.05, 0.1) is 10.9 Å². The fourth-order valence-electron chi connectivity index (χ4n) is 3.33. The molecule has 8 heteroatoms. The van der Waals surface area contributed by atoms with Gasteiger partial charge in [-0.15, -0.1) is 11.3 Å². The summed E-state index contributed by atoms with van der Waals surface area (Å²) in [4.78, 5) is 15.8. The number of thiophene rings is 1. The highest BCUT2D eigenvalue weighted by Gasteiger charge is 2.19. The molecule has 2 N–H and O–H groups in total. The van der Waals surface area contributed by atoms with Crippen LogP contribution >= 0.6 is 11.3 Å². The molecule has 0 saturated carbocycles. The molecule has 0 radical (unpaired) electrons. The summed E-state index contributed by atoms with van der Waals surface area (Å²) >= 11 is 1.48. The number of carbonyl (C=O) groups excluding carboxylic acids is 1. The molecule has 2 aromatic carbocycles. The van der Waals surface area contributed by atoms with Crippen molar-refractivity contribution in [1.82, 2.24) is 14.9 Å². The van der Waals surface area contributed by atoms with Gasteiger partial charge in [-0.1, -0.05) is 43.3 Å². The number of carbonyl (C=O) groups is 1. The van der Waals surface area contributed by atoms with Gasteiger partial charge in [0.15, 0.2) is 0 Å². The van der Waals surface area contributed by atoms with Crippen LogP contribution in [-0.2, 0) is 23.0 Å². The van der Waals surface area contributed by atoms with Crippen LogP contribution in [0.2, 0.25) is 0 Å². The number of nitrogens with one attached hydrogen (secondary N) is 2. The van der Waals surface area contributed by atoms with E-state index in [1.54, 1.807) is 12.1 Å². The molecule has 0 aliphatic rings. The molecule has 6 nitrogen and oxygen atoms in total. The molecule has 0 bridgehead atoms. The number of aryl methyl sites for hydroxylation is 1. The summed E-state index contributed by atoms with van der Waals surface area (Å²) in [6.45, 7) is 2.74. The van der Waals surface area contributed by atoms with Gasteiger partial charge < -0.3 is 10.2 Å². The second-order valence-corrected chi connectivity index (χ2v) is 10.5. The Labute approximate surface area is 194 Å². The zero-order valence-electron chi connectivity index (χ0n) is 18.5. The van der Waals surface area contributed by atoms with Gasteiger partial charge in [-0.05, 0) is 61.3 Å². The fraction of sp³-hybridized carbons (Fsp3) is 0.292. The highest BCUT2D eigenvalue weighted by atomic mass is 32.2. The standard InChI is InChI=1S/C24H29N3O3S2/c1-4-18-10-12-19(13-11-18)23(27(2)3)17-25-24(28)20-7-5-9-22(15-20)32(29,30)26-16-21-8-6-14-31-21/h5-15,23,26H,4,16-17H2,1-3H3,(H,25,28). The van der Waals surface area contributed by atoms with E-state index < -0.39 is 10.0 Å². The second kappa shape index (κ2) is 10.9. The Hall–Kier alpha value is -2.52. The molecule has 1 unspecified atom stereocenters. The van der Waals surface area contributed by atoms with Crippen molar-refractivity contribution in [1.29, 1.82) is 0 Å². The molecule has 170 valence electrons. The minimum absolute atomic E-state index is 0.00392. The molecule has 32 heavy (non-hydrogen) atoms. The first-order valence-corrected chi connectivity index (χ1v) is 12.8. The monoisotopic (exact) mass is 471 g/mol. The van der Waals surface area contributed by atoms with Crippen molar-refractivity contribution >= 4 is 27.3 Å². The maximum absolute atomic E-state index is 12.8. The van der Waals surface area contributed by atoms with E-state index in [0.29, 0.717) is 12.1 Å². The molecule has 1 atom stereocenters. The van der Waals surface area contributed by atoms with E-state index in [1.807, 2.05) is 31.6 Å². The Bertz CT molecular complexity index is 1130. The first-order valence-electron chi connectivity index (χ1n) is 10.5. The lowest BCUT2D eigenvalue weighted by atomic mass is 10.0. The molecule has 0 saturated heterocycles. The number of likely N-dealkylation sites (N-methyl/N-ethyl adjacent to an activating group) is 1. The molecule has 3 aromatic rings. The molecule has 1 heterocycles. The third kappa shape index (κ3) is 6.26. The minimum atomic E-state index is -3.72. The van der Waals surface area contributed by atoms with Crippen molar-refractivity contribution < 1.29 is 13.2 Å². The lowest BCUT2D eigenvalue weighted by molar-refractivity contribution is 0.0941. The van der Waals surface area contributed by atoms with Gasteiger partial charge in [0.1, 0.15) is 0 Å². The largest absolute Gasteiger partial charge is 0.350 e. The van der Waals surface area contributed by atoms with E-state index in [-0.39, 0.29) is 23.4 Å². The summed E-state index contributed by atoms with van der Waals surface area (Å²) < 4.78 is 27.9. The van der Waals surface area contributed by atoms with Gasteiger partial charge in [0, 0.05) is 23.5 Å². The summed E-state index contributed by atoms with van der Waals surface area (Å²) in [6.07, 6.45) is 0.977. The lowest BCUT2D eigenvalue weighted by Crippen LogP contribution is -2.34. The van der Waals surface area contributed by atoms with Crippen molar-refractivity contribution in [2.24, 2.45) is 0 Å². The highest BCUT2D eigenvalue weighted by molar-refractivity contribution is 7.89. The van der Waals surface area contributed by atoms with Crippen molar-refractivity contribution in [2.45, 2.75) is 30.8 Å². The lowest BCUT2D eigenvalue weighted by Gasteiger charge is -2.25. The molecule has 1 amide bonds. The number of rotatable bonds is 10. The third-order valence-electron chi connectivity index (χ3n) is 5.28. The van der Waals surface area contributed by atoms with E-state index >= 15 is 0 Å². The summed E-state index contributed by atoms with van der Waals surface area (Å²) in [5.41, 5.74) is 2.69. The van der Waals surface area contributed by atoms with Crippen LogP contribution in [0.15, 0.2) is 70.9 Å². The van der Waals surface area contributed by atoms with Crippen molar-refractivity contribution in [3.63, 3.8) is 0 Å². The Morgan fingerprint density at radius 3 is 2.44 bits per heavy atom. The van der Waals surface area contributed by atoms with Gasteiger partial charge in [-0.2, -0.15) is 0 Å². The quantitative estimate of drug-likeness (QED) is 0.471. The summed E-state index contributed by atoms with van der Waals surface area (Å²) in [5.74, 6) is -0.308. The first kappa shape index (κ1) is 24.1. The van der Waals surface area contributed by atoms with Crippen LogP contribution in [-0.4, -0.2) is 39.9 Å². The number of amides is 1. The minimum Gasteiger partial charge on any atom is -0.350 e. The molecule has 0 aliphatic heterocycles. The van der Waals surface area contributed by atoms with E-state index in [2.05, 4.69) is 46.1 Å². The van der Waals surface area contributed by atoms with Crippen molar-refractivity contribution in [3.8, 4) is 0 Å². The van der Waals surface area contributed by atoms with Gasteiger partial charge in [0.2, 0.25) is 10.0 Å². The smallest absolute Gasteiger partial charge is 0.251 e. The Kier molecular flexibility index (Phi) is 8.20. The normalized spacial score (nSPS) is 12.6. The van der Waals surface area contributed by atoms with E-state index in [4.69, 9.17) is 0 Å². The summed E-state index contributed by atoms with van der Waals surface area (Å²) in [5, 5.41) is 4.84. The maximum atomic E-state index is 12.8. The van der Waals surface area contributed by atoms with E-state index in [9.17, 15) is 13.2 Å². The maximum Gasteiger partial charge on any atom is 0.251 e. The number of sulfonamides is 1. The number of hydrogen-bond acceptors (Lipinski definition) is 5. The van der Waals surface area contributed by atoms with Crippen LogP contribution in [0.4, 0.5) is 0 Å². The average Bonchev–Trinajstić information content (AvgIpc) is 3.32. The summed E-state index contributed by atoms with van der Waals surface area (Å²) in [6, 6.07) is 18.2. The van der Waals surface area contributed by atoms with Crippen molar-refractivity contribution in [2.75, 3.05) is 20.6 Å². The van der Waals surface area contributed by atoms with Gasteiger partial charge >= 0.3 is 0 Å². The Balaban J connectivity index is 1.67. The molecule has 0 fully saturated rings. The topological polar surface area (TPSA) is 78.5 Å². The fourth-order valence-corrected chi connectivity index (χ4v) is 5.12. The molecular formula is C24H29N3O3S2. The van der Waals surface area contributed by atoms with E-state index in [0.717, 1.165) is 16.9 Å². The Morgan fingerprint density at radius 1 is 1.06 bits per heavy atom. The number of benzene rings is 2. The zero-order valence-corrected chi connectivity index (χ0v) is 20.2. The van der Waals surface area contributed by atoms with Crippen LogP contribution in [0.3, 0.4) is 0 Å². The molecular weight excluding hydrogens is 442 g/mol. The second-order valence-electron chi connectivity index (χ2n) is 7.72. The van der Waals surface area contributed by atoms with Crippen LogP contribution in [0.5, 0.6) is 0 Å². The summed E-state index contributed by atoms with van der Waals surface area (Å²) in [7, 11) is 0.220. The average molecular weight is 472 g/mol. The first-order chi connectivity index (χ1) is 15.3. The van der Waals surface area contributed by atoms with Crippen molar-refractivity contribution in [3.05, 3.63) is 87.6 Å². The van der Waals surface area contributed by atoms with Crippen LogP contribution < -0.4 is 10.0 Å². The Morgan fingerprint density at radius 2 is 1.81 bits per heavy atom. The van der Waals surface area contributed by atoms with Gasteiger partial charge in [-0.25, -0.2) is 13.1 Å². The van der Waals surface area contributed by atoms with Crippen LogP contribution in [0.1, 0.15) is 39.3 Å². The highest BCUT2D eigenvalue weighted by Crippen LogP contribution is 2.19. The number of nitrogens with zero attached hydrogens (tertiary/aromatic N) is 1. The predicted molar refractivity (Wildman–Crippen MR) is 129 cm³/mol. The zero-order chi connectivity index (χ0) is 23.1. The van der Waals surface area contributed by atoms with Crippen LogP contribution in [0, 0.1) is 0 Å². The SMILES string of the molecule is CCc1ccc(C(CNC(=O)c2cccc(S(=O)(=O)NCc3cccs3)c2)N(C)C)cc1. The van der Waals surface area contributed by atoms with Crippen LogP contribution in [0.25, 0.3) is 0 Å². The third-order valence-corrected chi connectivity index (χ3v) is 7.55. The molecule has 0 spiro atoms. The molecule has 0 aliphatic carbocycles.